The maximum absolute atomic E-state index is 13.2. The van der Waals surface area contributed by atoms with Crippen molar-refractivity contribution in [3.63, 3.8) is 0 Å². The Kier molecular flexibility index (Phi) is 9.00. The molecule has 0 aliphatic heterocycles. The van der Waals surface area contributed by atoms with Gasteiger partial charge < -0.3 is 9.47 Å². The fourth-order valence-corrected chi connectivity index (χ4v) is 2.83. The Morgan fingerprint density at radius 1 is 0.618 bits per heavy atom. The van der Waals surface area contributed by atoms with Crippen LogP contribution in [0.1, 0.15) is 49.7 Å². The molecule has 0 aromatic heterocycles. The van der Waals surface area contributed by atoms with Gasteiger partial charge in [-0.3, -0.25) is 9.59 Å². The summed E-state index contributed by atoms with van der Waals surface area (Å²) in [6.45, 7) is 0. The van der Waals surface area contributed by atoms with Crippen molar-refractivity contribution < 1.29 is 54.2 Å². The normalized spacial score (nSPS) is 11.9. The third-order valence-electron chi connectivity index (χ3n) is 4.46. The molecule has 0 aliphatic rings. The average molecular weight is 498 g/mol. The molecule has 0 spiro atoms. The molecule has 0 saturated heterocycles. The minimum Gasteiger partial charge on any atom is -0.427 e. The van der Waals surface area contributed by atoms with Crippen LogP contribution in [0.25, 0.3) is 0 Å². The Labute approximate surface area is 188 Å². The molecule has 186 valence electrons. The second-order valence-corrected chi connectivity index (χ2v) is 7.14. The van der Waals surface area contributed by atoms with Crippen molar-refractivity contribution in [2.24, 2.45) is 0 Å². The van der Waals surface area contributed by atoms with Crippen LogP contribution < -0.4 is 9.47 Å². The summed E-state index contributed by atoms with van der Waals surface area (Å²) in [6.07, 6.45) is -8.71. The first-order valence-electron chi connectivity index (χ1n) is 9.92. The van der Waals surface area contributed by atoms with E-state index in [1.165, 1.54) is 0 Å². The van der Waals surface area contributed by atoms with Crippen molar-refractivity contribution in [2.75, 3.05) is 0 Å². The van der Waals surface area contributed by atoms with Crippen LogP contribution in [0.15, 0.2) is 36.4 Å². The van der Waals surface area contributed by atoms with Crippen molar-refractivity contribution in [1.82, 2.24) is 0 Å². The Hall–Kier alpha value is -3.18. The summed E-state index contributed by atoms with van der Waals surface area (Å²) in [5, 5.41) is 0. The number of benzene rings is 2. The van der Waals surface area contributed by atoms with E-state index >= 15 is 0 Å². The molecule has 34 heavy (non-hydrogen) atoms. The van der Waals surface area contributed by atoms with Gasteiger partial charge >= 0.3 is 24.3 Å². The van der Waals surface area contributed by atoms with E-state index in [4.69, 9.17) is 9.47 Å². The molecule has 0 amide bonds. The average Bonchev–Trinajstić information content (AvgIpc) is 2.71. The Morgan fingerprint density at radius 2 is 0.971 bits per heavy atom. The van der Waals surface area contributed by atoms with Gasteiger partial charge in [0.2, 0.25) is 0 Å². The molecule has 0 bridgehead atoms. The molecule has 0 saturated carbocycles. The van der Waals surface area contributed by atoms with Gasteiger partial charge in [0.25, 0.3) is 0 Å². The Morgan fingerprint density at radius 3 is 1.29 bits per heavy atom. The fourth-order valence-electron chi connectivity index (χ4n) is 2.83. The monoisotopic (exact) mass is 498 g/mol. The molecule has 4 nitrogen and oxygen atoms in total. The van der Waals surface area contributed by atoms with Crippen LogP contribution in [0, 0.1) is 11.6 Å². The number of carbonyl (C=O) groups excluding carboxylic acids is 2. The lowest BCUT2D eigenvalue weighted by Crippen LogP contribution is -2.12. The van der Waals surface area contributed by atoms with E-state index in [-0.39, 0.29) is 25.7 Å². The molecule has 2 rings (SSSR count). The third-order valence-corrected chi connectivity index (χ3v) is 4.46. The van der Waals surface area contributed by atoms with Crippen LogP contribution in [0.3, 0.4) is 0 Å². The summed E-state index contributed by atoms with van der Waals surface area (Å²) >= 11 is 0. The zero-order valence-corrected chi connectivity index (χ0v) is 17.4. The summed E-state index contributed by atoms with van der Waals surface area (Å²) in [5.74, 6) is -5.53. The number of unbranched alkanes of at least 4 members (excludes halogenated alkanes) is 3. The summed E-state index contributed by atoms with van der Waals surface area (Å²) < 4.78 is 112. The SMILES string of the molecule is O=C(CCCCCCC(=O)Oc1ccc(F)c(C(F)(F)F)c1)Oc1ccc(F)c(C(F)(F)F)c1. The molecular weight excluding hydrogens is 480 g/mol. The maximum Gasteiger partial charge on any atom is 0.419 e. The van der Waals surface area contributed by atoms with Crippen LogP contribution in [0.4, 0.5) is 35.1 Å². The fraction of sp³-hybridized carbons (Fsp3) is 0.364. The van der Waals surface area contributed by atoms with Gasteiger partial charge in [-0.05, 0) is 49.2 Å². The van der Waals surface area contributed by atoms with Gasteiger partial charge in [0, 0.05) is 12.8 Å². The van der Waals surface area contributed by atoms with Gasteiger partial charge in [0.1, 0.15) is 23.1 Å². The number of hydrogen-bond donors (Lipinski definition) is 0. The highest BCUT2D eigenvalue weighted by atomic mass is 19.4. The van der Waals surface area contributed by atoms with Gasteiger partial charge in [0.05, 0.1) is 11.1 Å². The highest BCUT2D eigenvalue weighted by Gasteiger charge is 2.35. The van der Waals surface area contributed by atoms with Crippen LogP contribution in [-0.2, 0) is 21.9 Å². The summed E-state index contributed by atoms with van der Waals surface area (Å²) in [4.78, 5) is 23.5. The Bertz CT molecular complexity index is 933. The van der Waals surface area contributed by atoms with Crippen molar-refractivity contribution in [3.8, 4) is 11.5 Å². The molecule has 0 N–H and O–H groups in total. The largest absolute Gasteiger partial charge is 0.427 e. The molecule has 0 heterocycles. The zero-order valence-electron chi connectivity index (χ0n) is 17.4. The molecule has 0 atom stereocenters. The number of alkyl halides is 6. The Balaban J connectivity index is 1.69. The van der Waals surface area contributed by atoms with Gasteiger partial charge in [0.15, 0.2) is 0 Å². The topological polar surface area (TPSA) is 52.6 Å². The number of hydrogen-bond acceptors (Lipinski definition) is 4. The number of halogens is 8. The first kappa shape index (κ1) is 27.1. The van der Waals surface area contributed by atoms with Crippen molar-refractivity contribution in [3.05, 3.63) is 59.2 Å². The molecule has 0 unspecified atom stereocenters. The molecular formula is C22H18F8O4. The van der Waals surface area contributed by atoms with Gasteiger partial charge in [-0.1, -0.05) is 12.8 Å². The van der Waals surface area contributed by atoms with Gasteiger partial charge in [-0.15, -0.1) is 0 Å². The van der Waals surface area contributed by atoms with E-state index in [0.29, 0.717) is 37.1 Å². The predicted octanol–water partition coefficient (Wildman–Crippen LogP) is 6.85. The van der Waals surface area contributed by atoms with Gasteiger partial charge in [-0.25, -0.2) is 8.78 Å². The van der Waals surface area contributed by atoms with E-state index < -0.39 is 58.6 Å². The van der Waals surface area contributed by atoms with Crippen LogP contribution >= 0.6 is 0 Å². The maximum atomic E-state index is 13.2. The third kappa shape index (κ3) is 8.31. The van der Waals surface area contributed by atoms with Crippen molar-refractivity contribution in [1.29, 1.82) is 0 Å². The highest BCUT2D eigenvalue weighted by Crippen LogP contribution is 2.34. The van der Waals surface area contributed by atoms with Crippen LogP contribution in [-0.4, -0.2) is 11.9 Å². The van der Waals surface area contributed by atoms with Crippen molar-refractivity contribution in [2.45, 2.75) is 50.9 Å². The van der Waals surface area contributed by atoms with E-state index in [1.54, 1.807) is 0 Å². The summed E-state index contributed by atoms with van der Waals surface area (Å²) in [7, 11) is 0. The molecule has 0 aliphatic carbocycles. The number of rotatable bonds is 9. The van der Waals surface area contributed by atoms with Crippen LogP contribution in [0.2, 0.25) is 0 Å². The van der Waals surface area contributed by atoms with Gasteiger partial charge in [-0.2, -0.15) is 26.3 Å². The first-order chi connectivity index (χ1) is 15.8. The minimum absolute atomic E-state index is 0.140. The second kappa shape index (κ2) is 11.3. The number of ether oxygens (including phenoxy) is 2. The lowest BCUT2D eigenvalue weighted by Gasteiger charge is -2.10. The van der Waals surface area contributed by atoms with E-state index in [2.05, 4.69) is 0 Å². The smallest absolute Gasteiger partial charge is 0.419 e. The first-order valence-corrected chi connectivity index (χ1v) is 9.92. The predicted molar refractivity (Wildman–Crippen MR) is 102 cm³/mol. The number of esters is 2. The highest BCUT2D eigenvalue weighted by molar-refractivity contribution is 5.72. The standard InChI is InChI=1S/C22H18F8O4/c23-17-9-7-13(11-15(17)21(25,26)27)33-19(31)5-3-1-2-4-6-20(32)34-14-8-10-18(24)16(12-14)22(28,29)30/h7-12H,1-6H2. The van der Waals surface area contributed by atoms with E-state index in [0.717, 1.165) is 12.1 Å². The van der Waals surface area contributed by atoms with E-state index in [9.17, 15) is 44.7 Å². The number of carbonyl (C=O) groups is 2. The summed E-state index contributed by atoms with van der Waals surface area (Å²) in [6, 6.07) is 3.65. The van der Waals surface area contributed by atoms with Crippen LogP contribution in [0.5, 0.6) is 11.5 Å². The quantitative estimate of drug-likeness (QED) is 0.164. The molecule has 0 fully saturated rings. The lowest BCUT2D eigenvalue weighted by atomic mass is 10.1. The second-order valence-electron chi connectivity index (χ2n) is 7.14. The van der Waals surface area contributed by atoms with E-state index in [1.807, 2.05) is 0 Å². The molecule has 2 aromatic carbocycles. The zero-order chi connectivity index (χ0) is 25.5. The summed E-state index contributed by atoms with van der Waals surface area (Å²) in [5.41, 5.74) is -3.11. The minimum atomic E-state index is -4.94. The molecule has 12 heteroatoms. The molecule has 0 radical (unpaired) electrons. The van der Waals surface area contributed by atoms with Crippen molar-refractivity contribution >= 4 is 11.9 Å². The molecule has 2 aromatic rings. The lowest BCUT2D eigenvalue weighted by molar-refractivity contribution is -0.141.